The van der Waals surface area contributed by atoms with Crippen LogP contribution in [-0.2, 0) is 6.42 Å². The molecule has 0 saturated carbocycles. The topological polar surface area (TPSA) is 106 Å². The number of carbonyl (C=O) groups is 1. The Morgan fingerprint density at radius 1 is 1.53 bits per heavy atom. The van der Waals surface area contributed by atoms with Gasteiger partial charge >= 0.3 is 5.97 Å². The molecule has 0 atom stereocenters. The van der Waals surface area contributed by atoms with Gasteiger partial charge < -0.3 is 10.8 Å². The van der Waals surface area contributed by atoms with Crippen molar-refractivity contribution in [2.75, 3.05) is 6.54 Å². The lowest BCUT2D eigenvalue weighted by Crippen LogP contribution is -2.06. The van der Waals surface area contributed by atoms with Crippen LogP contribution in [0.4, 0.5) is 5.69 Å². The largest absolute Gasteiger partial charge is 0.478 e. The number of nitrogens with two attached hydrogens (primary N) is 1. The number of benzene rings is 1. The lowest BCUT2D eigenvalue weighted by atomic mass is 10.1. The summed E-state index contributed by atoms with van der Waals surface area (Å²) in [7, 11) is 0. The van der Waals surface area contributed by atoms with Gasteiger partial charge in [0.05, 0.1) is 10.5 Å². The monoisotopic (exact) mass is 210 g/mol. The van der Waals surface area contributed by atoms with E-state index in [1.165, 1.54) is 12.1 Å². The Morgan fingerprint density at radius 2 is 2.20 bits per heavy atom. The number of carboxylic acids is 1. The van der Waals surface area contributed by atoms with E-state index in [0.29, 0.717) is 12.0 Å². The Hall–Kier alpha value is -1.95. The Balaban J connectivity index is 3.20. The van der Waals surface area contributed by atoms with Gasteiger partial charge in [0, 0.05) is 11.6 Å². The molecular weight excluding hydrogens is 200 g/mol. The number of nitro groups is 1. The van der Waals surface area contributed by atoms with Crippen LogP contribution in [-0.4, -0.2) is 22.5 Å². The summed E-state index contributed by atoms with van der Waals surface area (Å²) in [6.45, 7) is 0.285. The average molecular weight is 210 g/mol. The highest BCUT2D eigenvalue weighted by atomic mass is 16.6. The van der Waals surface area contributed by atoms with Crippen LogP contribution < -0.4 is 5.73 Å². The van der Waals surface area contributed by atoms with Crippen LogP contribution in [0.3, 0.4) is 0 Å². The predicted molar refractivity (Wildman–Crippen MR) is 52.8 cm³/mol. The van der Waals surface area contributed by atoms with E-state index in [1.807, 2.05) is 0 Å². The fourth-order valence-electron chi connectivity index (χ4n) is 1.23. The summed E-state index contributed by atoms with van der Waals surface area (Å²) in [5.41, 5.74) is 5.45. The number of hydrogen-bond donors (Lipinski definition) is 2. The molecule has 1 aromatic rings. The third kappa shape index (κ3) is 2.50. The fraction of sp³-hybridized carbons (Fsp3) is 0.222. The molecule has 6 nitrogen and oxygen atoms in total. The van der Waals surface area contributed by atoms with E-state index in [1.54, 1.807) is 0 Å². The Morgan fingerprint density at radius 3 is 2.67 bits per heavy atom. The van der Waals surface area contributed by atoms with Crippen LogP contribution in [0.1, 0.15) is 15.9 Å². The van der Waals surface area contributed by atoms with Crippen molar-refractivity contribution in [3.8, 4) is 0 Å². The summed E-state index contributed by atoms with van der Waals surface area (Å²) in [6, 6.07) is 3.81. The summed E-state index contributed by atoms with van der Waals surface area (Å²) < 4.78 is 0. The third-order valence-corrected chi connectivity index (χ3v) is 1.94. The van der Waals surface area contributed by atoms with E-state index in [9.17, 15) is 14.9 Å². The summed E-state index contributed by atoms with van der Waals surface area (Å²) in [4.78, 5) is 20.6. The van der Waals surface area contributed by atoms with Gasteiger partial charge in [-0.05, 0) is 19.0 Å². The van der Waals surface area contributed by atoms with Gasteiger partial charge in [-0.3, -0.25) is 10.1 Å². The number of hydrogen-bond acceptors (Lipinski definition) is 4. The van der Waals surface area contributed by atoms with Gasteiger partial charge in [0.2, 0.25) is 0 Å². The molecule has 0 spiro atoms. The van der Waals surface area contributed by atoms with E-state index in [2.05, 4.69) is 0 Å². The Kier molecular flexibility index (Phi) is 3.35. The maximum absolute atomic E-state index is 10.6. The SMILES string of the molecule is NCCc1ccc(C(=O)O)cc1[N+](=O)[O-]. The van der Waals surface area contributed by atoms with E-state index in [0.717, 1.165) is 6.07 Å². The molecule has 0 bridgehead atoms. The maximum Gasteiger partial charge on any atom is 0.335 e. The summed E-state index contributed by atoms with van der Waals surface area (Å²) >= 11 is 0. The van der Waals surface area contributed by atoms with Gasteiger partial charge in [0.1, 0.15) is 0 Å². The minimum absolute atomic E-state index is 0.0949. The van der Waals surface area contributed by atoms with Crippen molar-refractivity contribution in [3.05, 3.63) is 39.4 Å². The first kappa shape index (κ1) is 11.1. The second kappa shape index (κ2) is 4.52. The maximum atomic E-state index is 10.6. The van der Waals surface area contributed by atoms with E-state index >= 15 is 0 Å². The minimum atomic E-state index is -1.18. The Bertz CT molecular complexity index is 403. The molecule has 0 aliphatic heterocycles. The molecule has 80 valence electrons. The molecule has 0 unspecified atom stereocenters. The van der Waals surface area contributed by atoms with Crippen molar-refractivity contribution in [1.82, 2.24) is 0 Å². The molecule has 0 aromatic heterocycles. The van der Waals surface area contributed by atoms with Crippen molar-refractivity contribution in [2.45, 2.75) is 6.42 Å². The van der Waals surface area contributed by atoms with Crippen molar-refractivity contribution < 1.29 is 14.8 Å². The molecule has 15 heavy (non-hydrogen) atoms. The molecule has 0 heterocycles. The highest BCUT2D eigenvalue weighted by molar-refractivity contribution is 5.88. The molecule has 0 aliphatic rings. The molecule has 0 radical (unpaired) electrons. The van der Waals surface area contributed by atoms with Gasteiger partial charge in [-0.2, -0.15) is 0 Å². The van der Waals surface area contributed by atoms with Crippen LogP contribution in [0.25, 0.3) is 0 Å². The first-order valence-corrected chi connectivity index (χ1v) is 4.27. The van der Waals surface area contributed by atoms with Gasteiger partial charge in [0.15, 0.2) is 0 Å². The number of aromatic carboxylic acids is 1. The molecule has 0 amide bonds. The number of nitrogens with zero attached hydrogens (tertiary/aromatic N) is 1. The van der Waals surface area contributed by atoms with Crippen molar-refractivity contribution in [1.29, 1.82) is 0 Å². The van der Waals surface area contributed by atoms with E-state index in [-0.39, 0.29) is 17.8 Å². The zero-order valence-electron chi connectivity index (χ0n) is 7.84. The first-order chi connectivity index (χ1) is 7.06. The van der Waals surface area contributed by atoms with Crippen LogP contribution in [0.15, 0.2) is 18.2 Å². The molecule has 0 aliphatic carbocycles. The van der Waals surface area contributed by atoms with Gasteiger partial charge in [-0.15, -0.1) is 0 Å². The zero-order valence-corrected chi connectivity index (χ0v) is 7.84. The third-order valence-electron chi connectivity index (χ3n) is 1.94. The normalized spacial score (nSPS) is 9.93. The van der Waals surface area contributed by atoms with Gasteiger partial charge in [-0.1, -0.05) is 6.07 Å². The second-order valence-corrected chi connectivity index (χ2v) is 2.94. The minimum Gasteiger partial charge on any atom is -0.478 e. The van der Waals surface area contributed by atoms with Gasteiger partial charge in [0.25, 0.3) is 5.69 Å². The number of carboxylic acid groups (broad SMARTS) is 1. The summed E-state index contributed by atoms with van der Waals surface area (Å²) in [5, 5.41) is 19.3. The Labute approximate surface area is 85.5 Å². The zero-order chi connectivity index (χ0) is 11.4. The molecule has 3 N–H and O–H groups in total. The smallest absolute Gasteiger partial charge is 0.335 e. The summed E-state index contributed by atoms with van der Waals surface area (Å²) in [6.07, 6.45) is 0.357. The van der Waals surface area contributed by atoms with Crippen LogP contribution in [0, 0.1) is 10.1 Å². The predicted octanol–water partition coefficient (Wildman–Crippen LogP) is 0.794. The number of nitro benzene ring substituents is 1. The number of rotatable bonds is 4. The lowest BCUT2D eigenvalue weighted by Gasteiger charge is -2.02. The van der Waals surface area contributed by atoms with Crippen LogP contribution in [0.2, 0.25) is 0 Å². The van der Waals surface area contributed by atoms with Crippen molar-refractivity contribution >= 4 is 11.7 Å². The van der Waals surface area contributed by atoms with Crippen LogP contribution in [0.5, 0.6) is 0 Å². The van der Waals surface area contributed by atoms with E-state index in [4.69, 9.17) is 10.8 Å². The summed E-state index contributed by atoms with van der Waals surface area (Å²) in [5.74, 6) is -1.18. The van der Waals surface area contributed by atoms with E-state index < -0.39 is 10.9 Å². The lowest BCUT2D eigenvalue weighted by molar-refractivity contribution is -0.385. The average Bonchev–Trinajstić information content (AvgIpc) is 2.18. The molecule has 0 saturated heterocycles. The molecule has 6 heteroatoms. The van der Waals surface area contributed by atoms with Crippen LogP contribution >= 0.6 is 0 Å². The van der Waals surface area contributed by atoms with Crippen molar-refractivity contribution in [3.63, 3.8) is 0 Å². The highest BCUT2D eigenvalue weighted by Gasteiger charge is 2.16. The highest BCUT2D eigenvalue weighted by Crippen LogP contribution is 2.20. The quantitative estimate of drug-likeness (QED) is 0.564. The molecule has 1 aromatic carbocycles. The fourth-order valence-corrected chi connectivity index (χ4v) is 1.23. The molecule has 0 fully saturated rings. The molecule has 1 rings (SSSR count). The standard InChI is InChI=1S/C9H10N2O4/c10-4-3-6-1-2-7(9(12)13)5-8(6)11(14)15/h1-2,5H,3-4,10H2,(H,12,13). The first-order valence-electron chi connectivity index (χ1n) is 4.27. The second-order valence-electron chi connectivity index (χ2n) is 2.94. The van der Waals surface area contributed by atoms with Crippen molar-refractivity contribution in [2.24, 2.45) is 5.73 Å². The molecular formula is C9H10N2O4. The van der Waals surface area contributed by atoms with Gasteiger partial charge in [-0.25, -0.2) is 4.79 Å².